The number of hydrogen-bond acceptors (Lipinski definition) is 3. The Hall–Kier alpha value is -0.870. The normalized spacial score (nSPS) is 18.6. The lowest BCUT2D eigenvalue weighted by molar-refractivity contribution is 0.0842. The van der Waals surface area contributed by atoms with Crippen molar-refractivity contribution < 1.29 is 9.90 Å². The van der Waals surface area contributed by atoms with Gasteiger partial charge in [-0.15, -0.1) is 11.3 Å². The van der Waals surface area contributed by atoms with Crippen molar-refractivity contribution in [1.82, 2.24) is 5.32 Å². The van der Waals surface area contributed by atoms with Crippen molar-refractivity contribution in [3.63, 3.8) is 0 Å². The highest BCUT2D eigenvalue weighted by atomic mass is 32.1. The minimum absolute atomic E-state index is 0.0447. The van der Waals surface area contributed by atoms with Crippen LogP contribution in [0.2, 0.25) is 0 Å². The Bertz CT molecular complexity index is 380. The van der Waals surface area contributed by atoms with Crippen LogP contribution in [0.1, 0.15) is 40.2 Å². The average molecular weight is 239 g/mol. The van der Waals surface area contributed by atoms with Gasteiger partial charge >= 0.3 is 0 Å². The maximum Gasteiger partial charge on any atom is 0.261 e. The van der Waals surface area contributed by atoms with E-state index in [1.165, 1.54) is 11.3 Å². The largest absolute Gasteiger partial charge is 0.394 e. The lowest BCUT2D eigenvalue weighted by Gasteiger charge is -2.27. The number of amides is 1. The molecule has 1 aromatic rings. The van der Waals surface area contributed by atoms with Crippen LogP contribution in [0.15, 0.2) is 12.1 Å². The lowest BCUT2D eigenvalue weighted by atomic mass is 9.99. The smallest absolute Gasteiger partial charge is 0.261 e. The van der Waals surface area contributed by atoms with Crippen LogP contribution in [-0.4, -0.2) is 23.2 Å². The van der Waals surface area contributed by atoms with E-state index in [1.54, 1.807) is 0 Å². The molecular weight excluding hydrogens is 222 g/mol. The molecule has 0 radical (unpaired) electrons. The van der Waals surface area contributed by atoms with Gasteiger partial charge in [0, 0.05) is 4.88 Å². The molecule has 0 spiro atoms. The second kappa shape index (κ2) is 4.55. The summed E-state index contributed by atoms with van der Waals surface area (Å²) >= 11 is 1.49. The molecular formula is C12H17NO2S. The van der Waals surface area contributed by atoms with Crippen LogP contribution in [0.25, 0.3) is 0 Å². The van der Waals surface area contributed by atoms with Crippen molar-refractivity contribution in [2.24, 2.45) is 0 Å². The minimum Gasteiger partial charge on any atom is -0.394 e. The van der Waals surface area contributed by atoms with Crippen LogP contribution in [0.4, 0.5) is 0 Å². The maximum atomic E-state index is 12.0. The zero-order valence-corrected chi connectivity index (χ0v) is 10.3. The van der Waals surface area contributed by atoms with Gasteiger partial charge in [0.15, 0.2) is 0 Å². The number of aliphatic hydroxyl groups is 1. The number of carbonyl (C=O) groups is 1. The highest BCUT2D eigenvalue weighted by Crippen LogP contribution is 2.29. The van der Waals surface area contributed by atoms with Gasteiger partial charge in [0.25, 0.3) is 5.91 Å². The van der Waals surface area contributed by atoms with Crippen molar-refractivity contribution in [3.8, 4) is 0 Å². The van der Waals surface area contributed by atoms with Crippen LogP contribution in [0, 0.1) is 6.92 Å². The second-order valence-corrected chi connectivity index (χ2v) is 5.80. The van der Waals surface area contributed by atoms with E-state index in [4.69, 9.17) is 0 Å². The predicted octanol–water partition coefficient (Wildman–Crippen LogP) is 2.09. The summed E-state index contributed by atoms with van der Waals surface area (Å²) in [5, 5.41) is 12.4. The Labute approximate surface area is 99.5 Å². The second-order valence-electron chi connectivity index (χ2n) is 4.51. The molecule has 0 atom stereocenters. The summed E-state index contributed by atoms with van der Waals surface area (Å²) in [6.07, 6.45) is 3.95. The van der Waals surface area contributed by atoms with E-state index >= 15 is 0 Å². The Kier molecular flexibility index (Phi) is 3.30. The molecule has 2 N–H and O–H groups in total. The maximum absolute atomic E-state index is 12.0. The van der Waals surface area contributed by atoms with Crippen molar-refractivity contribution in [2.45, 2.75) is 38.1 Å². The molecule has 1 aromatic heterocycles. The first-order valence-electron chi connectivity index (χ1n) is 5.65. The van der Waals surface area contributed by atoms with Gasteiger partial charge in [-0.25, -0.2) is 0 Å². The van der Waals surface area contributed by atoms with Crippen molar-refractivity contribution in [3.05, 3.63) is 21.9 Å². The molecule has 1 saturated carbocycles. The summed E-state index contributed by atoms with van der Waals surface area (Å²) in [6.45, 7) is 2.03. The monoisotopic (exact) mass is 239 g/mol. The minimum atomic E-state index is -0.366. The molecule has 0 saturated heterocycles. The first-order chi connectivity index (χ1) is 7.65. The number of hydrogen-bond donors (Lipinski definition) is 2. The Morgan fingerprint density at radius 1 is 1.50 bits per heavy atom. The van der Waals surface area contributed by atoms with E-state index in [9.17, 15) is 9.90 Å². The van der Waals surface area contributed by atoms with Gasteiger partial charge < -0.3 is 10.4 Å². The first kappa shape index (κ1) is 11.6. The Morgan fingerprint density at radius 2 is 2.19 bits per heavy atom. The van der Waals surface area contributed by atoms with E-state index < -0.39 is 0 Å². The van der Waals surface area contributed by atoms with Gasteiger partial charge in [-0.1, -0.05) is 12.8 Å². The standard InChI is InChI=1S/C12H17NO2S/c1-9-4-5-10(16-9)11(15)13-12(8-14)6-2-3-7-12/h4-5,14H,2-3,6-8H2,1H3,(H,13,15). The van der Waals surface area contributed by atoms with Crippen LogP contribution >= 0.6 is 11.3 Å². The summed E-state index contributed by atoms with van der Waals surface area (Å²) in [6, 6.07) is 3.79. The van der Waals surface area contributed by atoms with E-state index in [-0.39, 0.29) is 18.1 Å². The van der Waals surface area contributed by atoms with Gasteiger partial charge in [-0.05, 0) is 31.9 Å². The van der Waals surface area contributed by atoms with Crippen molar-refractivity contribution >= 4 is 17.2 Å². The fourth-order valence-electron chi connectivity index (χ4n) is 2.23. The Morgan fingerprint density at radius 3 is 2.69 bits per heavy atom. The number of nitrogens with one attached hydrogen (secondary N) is 1. The molecule has 0 aliphatic heterocycles. The first-order valence-corrected chi connectivity index (χ1v) is 6.47. The molecule has 16 heavy (non-hydrogen) atoms. The molecule has 1 fully saturated rings. The van der Waals surface area contributed by atoms with E-state index in [2.05, 4.69) is 5.32 Å². The molecule has 1 aliphatic carbocycles. The molecule has 0 unspecified atom stereocenters. The number of thiophene rings is 1. The van der Waals surface area contributed by atoms with Crippen LogP contribution in [-0.2, 0) is 0 Å². The van der Waals surface area contributed by atoms with Gasteiger partial charge in [-0.2, -0.15) is 0 Å². The number of aliphatic hydroxyl groups excluding tert-OH is 1. The van der Waals surface area contributed by atoms with Crippen molar-refractivity contribution in [2.75, 3.05) is 6.61 Å². The molecule has 1 amide bonds. The fourth-order valence-corrected chi connectivity index (χ4v) is 3.00. The Balaban J connectivity index is 2.06. The third-order valence-electron chi connectivity index (χ3n) is 3.21. The molecule has 4 heteroatoms. The lowest BCUT2D eigenvalue weighted by Crippen LogP contribution is -2.49. The third-order valence-corrected chi connectivity index (χ3v) is 4.21. The van der Waals surface area contributed by atoms with Crippen LogP contribution < -0.4 is 5.32 Å². The van der Waals surface area contributed by atoms with E-state index in [1.807, 2.05) is 19.1 Å². The third kappa shape index (κ3) is 2.28. The van der Waals surface area contributed by atoms with Gasteiger partial charge in [0.1, 0.15) is 0 Å². The van der Waals surface area contributed by atoms with Gasteiger partial charge in [0.2, 0.25) is 0 Å². The number of carbonyl (C=O) groups excluding carboxylic acids is 1. The summed E-state index contributed by atoms with van der Waals surface area (Å²) < 4.78 is 0. The van der Waals surface area contributed by atoms with Crippen LogP contribution in [0.5, 0.6) is 0 Å². The van der Waals surface area contributed by atoms with E-state index in [0.29, 0.717) is 0 Å². The van der Waals surface area contributed by atoms with Gasteiger partial charge in [0.05, 0.1) is 17.0 Å². The topological polar surface area (TPSA) is 49.3 Å². The predicted molar refractivity (Wildman–Crippen MR) is 64.8 cm³/mol. The van der Waals surface area contributed by atoms with Gasteiger partial charge in [-0.3, -0.25) is 4.79 Å². The SMILES string of the molecule is Cc1ccc(C(=O)NC2(CO)CCCC2)s1. The molecule has 88 valence electrons. The number of rotatable bonds is 3. The quantitative estimate of drug-likeness (QED) is 0.848. The molecule has 0 bridgehead atoms. The molecule has 0 aromatic carbocycles. The summed E-state index contributed by atoms with van der Waals surface area (Å²) in [5.74, 6) is -0.0472. The zero-order chi connectivity index (χ0) is 11.6. The molecule has 1 aliphatic rings. The highest BCUT2D eigenvalue weighted by molar-refractivity contribution is 7.13. The zero-order valence-electron chi connectivity index (χ0n) is 9.45. The molecule has 2 rings (SSSR count). The molecule has 1 heterocycles. The summed E-state index contributed by atoms with van der Waals surface area (Å²) in [4.78, 5) is 13.8. The number of aryl methyl sites for hydroxylation is 1. The summed E-state index contributed by atoms with van der Waals surface area (Å²) in [7, 11) is 0. The van der Waals surface area contributed by atoms with Crippen LogP contribution in [0.3, 0.4) is 0 Å². The van der Waals surface area contributed by atoms with E-state index in [0.717, 1.165) is 35.4 Å². The van der Waals surface area contributed by atoms with Crippen molar-refractivity contribution in [1.29, 1.82) is 0 Å². The fraction of sp³-hybridized carbons (Fsp3) is 0.583. The average Bonchev–Trinajstić information content (AvgIpc) is 2.88. The summed E-state index contributed by atoms with van der Waals surface area (Å²) in [5.41, 5.74) is -0.366. The molecule has 3 nitrogen and oxygen atoms in total. The highest BCUT2D eigenvalue weighted by Gasteiger charge is 2.34.